The van der Waals surface area contributed by atoms with Crippen molar-refractivity contribution in [2.75, 3.05) is 6.61 Å². The second-order valence-electron chi connectivity index (χ2n) is 5.31. The van der Waals surface area contributed by atoms with Crippen molar-refractivity contribution in [2.45, 2.75) is 51.5 Å². The van der Waals surface area contributed by atoms with E-state index in [4.69, 9.17) is 10.5 Å². The van der Waals surface area contributed by atoms with E-state index < -0.39 is 0 Å². The van der Waals surface area contributed by atoms with Gasteiger partial charge in [-0.3, -0.25) is 0 Å². The lowest BCUT2D eigenvalue weighted by Gasteiger charge is -2.28. The number of rotatable bonds is 5. The molecule has 18 heavy (non-hydrogen) atoms. The summed E-state index contributed by atoms with van der Waals surface area (Å²) in [6.07, 6.45) is 7.60. The van der Waals surface area contributed by atoms with Crippen LogP contribution < -0.4 is 10.5 Å². The Kier molecular flexibility index (Phi) is 5.06. The van der Waals surface area contributed by atoms with Crippen LogP contribution in [0.25, 0.3) is 0 Å². The van der Waals surface area contributed by atoms with Gasteiger partial charge in [-0.05, 0) is 31.2 Å². The Hall–Kier alpha value is -1.02. The fourth-order valence-electron chi connectivity index (χ4n) is 2.85. The molecule has 0 radical (unpaired) electrons. The van der Waals surface area contributed by atoms with Gasteiger partial charge in [-0.25, -0.2) is 0 Å². The molecule has 1 aliphatic rings. The molecule has 1 fully saturated rings. The highest BCUT2D eigenvalue weighted by atomic mass is 16.5. The van der Waals surface area contributed by atoms with Gasteiger partial charge in [0.25, 0.3) is 0 Å². The Balaban J connectivity index is 2.10. The monoisotopic (exact) mass is 247 g/mol. The summed E-state index contributed by atoms with van der Waals surface area (Å²) in [5.41, 5.74) is 7.65. The lowest BCUT2D eigenvalue weighted by molar-refractivity contribution is 0.285. The maximum absolute atomic E-state index is 6.46. The number of nitrogens with two attached hydrogens (primary N) is 1. The van der Waals surface area contributed by atoms with Crippen molar-refractivity contribution >= 4 is 0 Å². The minimum atomic E-state index is 0.137. The standard InChI is InChI=1S/C16H25NO/c1-2-12-18-15-11-7-6-10-14(15)16(17)13-8-4-3-5-9-13/h6-7,10-11,13,16H,2-5,8-9,12,17H2,1H3. The van der Waals surface area contributed by atoms with E-state index >= 15 is 0 Å². The van der Waals surface area contributed by atoms with Crippen LogP contribution in [0.4, 0.5) is 0 Å². The first-order chi connectivity index (χ1) is 8.83. The van der Waals surface area contributed by atoms with Crippen molar-refractivity contribution in [1.29, 1.82) is 0 Å². The predicted molar refractivity (Wildman–Crippen MR) is 75.7 cm³/mol. The maximum atomic E-state index is 6.46. The first-order valence-corrected chi connectivity index (χ1v) is 7.30. The van der Waals surface area contributed by atoms with Crippen LogP contribution in [0.15, 0.2) is 24.3 Å². The molecule has 2 nitrogen and oxygen atoms in total. The van der Waals surface area contributed by atoms with Gasteiger partial charge >= 0.3 is 0 Å². The summed E-state index contributed by atoms with van der Waals surface area (Å²) in [4.78, 5) is 0. The molecule has 1 aliphatic carbocycles. The van der Waals surface area contributed by atoms with Crippen LogP contribution in [0.2, 0.25) is 0 Å². The highest BCUT2D eigenvalue weighted by Gasteiger charge is 2.23. The van der Waals surface area contributed by atoms with Crippen LogP contribution in [0, 0.1) is 5.92 Å². The van der Waals surface area contributed by atoms with Gasteiger partial charge in [0.1, 0.15) is 5.75 Å². The molecule has 1 atom stereocenters. The highest BCUT2D eigenvalue weighted by Crippen LogP contribution is 2.36. The van der Waals surface area contributed by atoms with Crippen molar-refractivity contribution in [3.05, 3.63) is 29.8 Å². The van der Waals surface area contributed by atoms with E-state index in [1.165, 1.54) is 37.7 Å². The molecular weight excluding hydrogens is 222 g/mol. The van der Waals surface area contributed by atoms with Gasteiger partial charge in [-0.1, -0.05) is 44.4 Å². The van der Waals surface area contributed by atoms with Crippen molar-refractivity contribution < 1.29 is 4.74 Å². The van der Waals surface area contributed by atoms with Crippen molar-refractivity contribution in [2.24, 2.45) is 11.7 Å². The zero-order valence-electron chi connectivity index (χ0n) is 11.4. The summed E-state index contributed by atoms with van der Waals surface area (Å²) in [5, 5.41) is 0. The Bertz CT molecular complexity index is 358. The van der Waals surface area contributed by atoms with Crippen LogP contribution in [-0.4, -0.2) is 6.61 Å². The minimum Gasteiger partial charge on any atom is -0.493 e. The van der Waals surface area contributed by atoms with Gasteiger partial charge in [0, 0.05) is 11.6 Å². The highest BCUT2D eigenvalue weighted by molar-refractivity contribution is 5.36. The molecule has 1 saturated carbocycles. The van der Waals surface area contributed by atoms with Crippen molar-refractivity contribution in [1.82, 2.24) is 0 Å². The molecule has 0 spiro atoms. The Labute approximate surface area is 111 Å². The van der Waals surface area contributed by atoms with Gasteiger partial charge < -0.3 is 10.5 Å². The molecule has 0 aliphatic heterocycles. The fraction of sp³-hybridized carbons (Fsp3) is 0.625. The van der Waals surface area contributed by atoms with E-state index in [0.717, 1.165) is 18.8 Å². The van der Waals surface area contributed by atoms with Crippen molar-refractivity contribution in [3.8, 4) is 5.75 Å². The first-order valence-electron chi connectivity index (χ1n) is 7.30. The Morgan fingerprint density at radius 3 is 2.67 bits per heavy atom. The van der Waals surface area contributed by atoms with Gasteiger partial charge in [0.15, 0.2) is 0 Å². The fourth-order valence-corrected chi connectivity index (χ4v) is 2.85. The van der Waals surface area contributed by atoms with E-state index in [9.17, 15) is 0 Å². The number of ether oxygens (including phenoxy) is 1. The molecule has 2 heteroatoms. The third-order valence-corrected chi connectivity index (χ3v) is 3.90. The molecule has 0 saturated heterocycles. The third-order valence-electron chi connectivity index (χ3n) is 3.90. The minimum absolute atomic E-state index is 0.137. The summed E-state index contributed by atoms with van der Waals surface area (Å²) in [7, 11) is 0. The summed E-state index contributed by atoms with van der Waals surface area (Å²) in [5.74, 6) is 1.61. The zero-order valence-corrected chi connectivity index (χ0v) is 11.4. The topological polar surface area (TPSA) is 35.2 Å². The van der Waals surface area contributed by atoms with Crippen LogP contribution in [-0.2, 0) is 0 Å². The van der Waals surface area contributed by atoms with Crippen LogP contribution in [0.3, 0.4) is 0 Å². The summed E-state index contributed by atoms with van der Waals surface area (Å²) < 4.78 is 5.82. The van der Waals surface area contributed by atoms with E-state index in [2.05, 4.69) is 19.1 Å². The smallest absolute Gasteiger partial charge is 0.124 e. The SMILES string of the molecule is CCCOc1ccccc1C(N)C1CCCCC1. The van der Waals surface area contributed by atoms with Gasteiger partial charge in [0.2, 0.25) is 0 Å². The second kappa shape index (κ2) is 6.79. The average Bonchev–Trinajstić information content (AvgIpc) is 2.45. The van der Waals surface area contributed by atoms with Crippen LogP contribution >= 0.6 is 0 Å². The second-order valence-corrected chi connectivity index (χ2v) is 5.31. The summed E-state index contributed by atoms with van der Waals surface area (Å²) >= 11 is 0. The molecule has 0 amide bonds. The average molecular weight is 247 g/mol. The van der Waals surface area contributed by atoms with E-state index in [0.29, 0.717) is 5.92 Å². The van der Waals surface area contributed by atoms with Gasteiger partial charge in [-0.15, -0.1) is 0 Å². The molecule has 2 N–H and O–H groups in total. The number of hydrogen-bond acceptors (Lipinski definition) is 2. The molecule has 2 rings (SSSR count). The number of para-hydroxylation sites is 1. The zero-order chi connectivity index (χ0) is 12.8. The maximum Gasteiger partial charge on any atom is 0.124 e. The summed E-state index contributed by atoms with van der Waals surface area (Å²) in [6, 6.07) is 8.41. The normalized spacial score (nSPS) is 18.6. The quantitative estimate of drug-likeness (QED) is 0.851. The molecular formula is C16H25NO. The lowest BCUT2D eigenvalue weighted by Crippen LogP contribution is -2.24. The van der Waals surface area contributed by atoms with E-state index in [1.54, 1.807) is 0 Å². The van der Waals surface area contributed by atoms with E-state index in [1.807, 2.05) is 12.1 Å². The molecule has 100 valence electrons. The molecule has 1 aromatic carbocycles. The van der Waals surface area contributed by atoms with Crippen LogP contribution in [0.1, 0.15) is 57.1 Å². The first kappa shape index (κ1) is 13.4. The molecule has 1 unspecified atom stereocenters. The van der Waals surface area contributed by atoms with Crippen molar-refractivity contribution in [3.63, 3.8) is 0 Å². The summed E-state index contributed by atoms with van der Waals surface area (Å²) in [6.45, 7) is 2.90. The molecule has 0 bridgehead atoms. The van der Waals surface area contributed by atoms with Gasteiger partial charge in [-0.2, -0.15) is 0 Å². The Morgan fingerprint density at radius 2 is 1.94 bits per heavy atom. The van der Waals surface area contributed by atoms with Gasteiger partial charge in [0.05, 0.1) is 6.61 Å². The predicted octanol–water partition coefficient (Wildman–Crippen LogP) is 4.06. The van der Waals surface area contributed by atoms with E-state index in [-0.39, 0.29) is 6.04 Å². The van der Waals surface area contributed by atoms with Crippen LogP contribution in [0.5, 0.6) is 5.75 Å². The number of hydrogen-bond donors (Lipinski definition) is 1. The Morgan fingerprint density at radius 1 is 1.22 bits per heavy atom. The lowest BCUT2D eigenvalue weighted by atomic mass is 9.81. The largest absolute Gasteiger partial charge is 0.493 e. The number of benzene rings is 1. The molecule has 0 aromatic heterocycles. The molecule has 1 aromatic rings. The molecule has 0 heterocycles. The third kappa shape index (κ3) is 3.26.